The van der Waals surface area contributed by atoms with E-state index in [9.17, 15) is 0 Å². The van der Waals surface area contributed by atoms with Crippen LogP contribution in [-0.2, 0) is 26.7 Å². The summed E-state index contributed by atoms with van der Waals surface area (Å²) < 4.78 is 1.85. The Bertz CT molecular complexity index is 525. The molecule has 4 nitrogen and oxygen atoms in total. The number of aliphatic hydroxyl groups excluding tert-OH is 1. The van der Waals surface area contributed by atoms with Gasteiger partial charge in [-0.2, -0.15) is 0 Å². The first kappa shape index (κ1) is 13.1. The van der Waals surface area contributed by atoms with Gasteiger partial charge in [0.05, 0.1) is 19.3 Å². The van der Waals surface area contributed by atoms with Crippen LogP contribution in [0.5, 0.6) is 0 Å². The third kappa shape index (κ3) is 3.10. The third-order valence-electron chi connectivity index (χ3n) is 2.81. The minimum absolute atomic E-state index is 0.0722. The molecule has 96 valence electrons. The van der Waals surface area contributed by atoms with Crippen molar-refractivity contribution < 1.29 is 5.11 Å². The molecule has 0 saturated heterocycles. The molecule has 0 atom stereocenters. The molecular formula is C13H16ClN3O. The van der Waals surface area contributed by atoms with Gasteiger partial charge in [-0.1, -0.05) is 35.9 Å². The molecule has 2 aromatic rings. The fourth-order valence-corrected chi connectivity index (χ4v) is 1.89. The monoisotopic (exact) mass is 265 g/mol. The lowest BCUT2D eigenvalue weighted by molar-refractivity contribution is 0.281. The van der Waals surface area contributed by atoms with Crippen molar-refractivity contribution in [2.24, 2.45) is 7.05 Å². The van der Waals surface area contributed by atoms with Crippen LogP contribution in [0.4, 0.5) is 0 Å². The summed E-state index contributed by atoms with van der Waals surface area (Å²) >= 11 is 5.91. The minimum Gasteiger partial charge on any atom is -0.392 e. The largest absolute Gasteiger partial charge is 0.392 e. The zero-order chi connectivity index (χ0) is 13.0. The Balaban J connectivity index is 1.90. The number of hydrogen-bond acceptors (Lipinski definition) is 3. The van der Waals surface area contributed by atoms with Crippen LogP contribution in [0.3, 0.4) is 0 Å². The predicted molar refractivity (Wildman–Crippen MR) is 71.1 cm³/mol. The highest BCUT2D eigenvalue weighted by atomic mass is 35.5. The zero-order valence-electron chi connectivity index (χ0n) is 10.2. The molecule has 0 amide bonds. The second-order valence-corrected chi connectivity index (χ2v) is 4.53. The van der Waals surface area contributed by atoms with Crippen LogP contribution in [-0.4, -0.2) is 14.7 Å². The molecule has 0 fully saturated rings. The van der Waals surface area contributed by atoms with E-state index in [1.54, 1.807) is 6.20 Å². The number of hydrogen-bond donors (Lipinski definition) is 2. The van der Waals surface area contributed by atoms with Gasteiger partial charge in [0.1, 0.15) is 11.0 Å². The van der Waals surface area contributed by atoms with Gasteiger partial charge >= 0.3 is 0 Å². The van der Waals surface area contributed by atoms with Crippen LogP contribution in [0.25, 0.3) is 0 Å². The van der Waals surface area contributed by atoms with Crippen molar-refractivity contribution in [3.05, 3.63) is 52.6 Å². The maximum atomic E-state index is 9.06. The molecule has 0 radical (unpaired) electrons. The topological polar surface area (TPSA) is 50.1 Å². The van der Waals surface area contributed by atoms with Gasteiger partial charge in [-0.3, -0.25) is 0 Å². The normalized spacial score (nSPS) is 10.8. The molecule has 5 heteroatoms. The number of imidazole rings is 1. The highest BCUT2D eigenvalue weighted by Crippen LogP contribution is 2.09. The first-order chi connectivity index (χ1) is 8.70. The Kier molecular flexibility index (Phi) is 4.36. The maximum absolute atomic E-state index is 9.06. The second-order valence-electron chi connectivity index (χ2n) is 4.14. The van der Waals surface area contributed by atoms with E-state index in [0.29, 0.717) is 11.7 Å². The van der Waals surface area contributed by atoms with Crippen LogP contribution >= 0.6 is 11.6 Å². The van der Waals surface area contributed by atoms with E-state index in [4.69, 9.17) is 16.7 Å². The Morgan fingerprint density at radius 2 is 2.11 bits per heavy atom. The number of rotatable bonds is 5. The van der Waals surface area contributed by atoms with Crippen molar-refractivity contribution in [2.75, 3.05) is 0 Å². The van der Waals surface area contributed by atoms with Gasteiger partial charge in [-0.15, -0.1) is 0 Å². The number of aromatic nitrogens is 2. The Morgan fingerprint density at radius 3 is 2.78 bits per heavy atom. The van der Waals surface area contributed by atoms with Crippen molar-refractivity contribution in [1.82, 2.24) is 14.9 Å². The summed E-state index contributed by atoms with van der Waals surface area (Å²) in [6.07, 6.45) is 1.64. The van der Waals surface area contributed by atoms with Gasteiger partial charge in [0, 0.05) is 13.6 Å². The van der Waals surface area contributed by atoms with Crippen LogP contribution in [0.15, 0.2) is 30.5 Å². The van der Waals surface area contributed by atoms with Gasteiger partial charge in [0.15, 0.2) is 0 Å². The summed E-state index contributed by atoms with van der Waals surface area (Å²) in [5, 5.41) is 13.0. The number of aliphatic hydroxyl groups is 1. The molecule has 1 heterocycles. The smallest absolute Gasteiger partial charge is 0.128 e. The van der Waals surface area contributed by atoms with Crippen molar-refractivity contribution in [1.29, 1.82) is 0 Å². The zero-order valence-corrected chi connectivity index (χ0v) is 11.0. The van der Waals surface area contributed by atoms with Gasteiger partial charge in [0.25, 0.3) is 0 Å². The SMILES string of the molecule is Cn1c(Cl)cnc1CNCc1cccc(CO)c1. The van der Waals surface area contributed by atoms with Crippen LogP contribution < -0.4 is 5.32 Å². The molecule has 0 aliphatic carbocycles. The third-order valence-corrected chi connectivity index (χ3v) is 3.17. The van der Waals surface area contributed by atoms with Crippen LogP contribution in [0.2, 0.25) is 5.15 Å². The Labute approximate surface area is 111 Å². The molecule has 0 unspecified atom stereocenters. The minimum atomic E-state index is 0.0722. The molecule has 0 bridgehead atoms. The fourth-order valence-electron chi connectivity index (χ4n) is 1.75. The van der Waals surface area contributed by atoms with E-state index in [2.05, 4.69) is 10.3 Å². The molecule has 0 aliphatic rings. The first-order valence-corrected chi connectivity index (χ1v) is 6.14. The van der Waals surface area contributed by atoms with E-state index in [1.807, 2.05) is 35.9 Å². The predicted octanol–water partition coefficient (Wildman–Crippen LogP) is 1.86. The second kappa shape index (κ2) is 6.00. The molecule has 2 rings (SSSR count). The van der Waals surface area contributed by atoms with Crippen molar-refractivity contribution in [3.63, 3.8) is 0 Å². The summed E-state index contributed by atoms with van der Waals surface area (Å²) in [5.41, 5.74) is 2.07. The quantitative estimate of drug-likeness (QED) is 0.868. The molecule has 1 aromatic carbocycles. The number of nitrogens with one attached hydrogen (secondary N) is 1. The Morgan fingerprint density at radius 1 is 1.33 bits per heavy atom. The summed E-state index contributed by atoms with van der Waals surface area (Å²) in [5.74, 6) is 0.901. The van der Waals surface area contributed by atoms with Crippen LogP contribution in [0, 0.1) is 0 Å². The molecular weight excluding hydrogens is 250 g/mol. The van der Waals surface area contributed by atoms with Crippen molar-refractivity contribution in [2.45, 2.75) is 19.7 Å². The van der Waals surface area contributed by atoms with Crippen molar-refractivity contribution in [3.8, 4) is 0 Å². The summed E-state index contributed by atoms with van der Waals surface area (Å²) in [6.45, 7) is 1.47. The standard InChI is InChI=1S/C13H16ClN3O/c1-17-12(14)7-16-13(17)8-15-6-10-3-2-4-11(5-10)9-18/h2-5,7,15,18H,6,8-9H2,1H3. The number of nitrogens with zero attached hydrogens (tertiary/aromatic N) is 2. The summed E-state index contributed by atoms with van der Waals surface area (Å²) in [4.78, 5) is 4.21. The number of halogens is 1. The lowest BCUT2D eigenvalue weighted by Crippen LogP contribution is -2.15. The van der Waals surface area contributed by atoms with E-state index >= 15 is 0 Å². The molecule has 1 aromatic heterocycles. The highest BCUT2D eigenvalue weighted by molar-refractivity contribution is 6.29. The number of benzene rings is 1. The van der Waals surface area contributed by atoms with E-state index in [1.165, 1.54) is 0 Å². The molecule has 0 spiro atoms. The summed E-state index contributed by atoms with van der Waals surface area (Å²) in [6, 6.07) is 7.86. The lowest BCUT2D eigenvalue weighted by atomic mass is 10.1. The summed E-state index contributed by atoms with van der Waals surface area (Å²) in [7, 11) is 1.89. The van der Waals surface area contributed by atoms with Gasteiger partial charge in [-0.05, 0) is 11.1 Å². The first-order valence-electron chi connectivity index (χ1n) is 5.76. The van der Waals surface area contributed by atoms with Crippen LogP contribution in [0.1, 0.15) is 17.0 Å². The molecule has 2 N–H and O–H groups in total. The van der Waals surface area contributed by atoms with Crippen molar-refractivity contribution >= 4 is 11.6 Å². The van der Waals surface area contributed by atoms with Gasteiger partial charge in [-0.25, -0.2) is 4.98 Å². The van der Waals surface area contributed by atoms with E-state index in [0.717, 1.165) is 23.5 Å². The Hall–Kier alpha value is -1.36. The van der Waals surface area contributed by atoms with Gasteiger partial charge < -0.3 is 15.0 Å². The van der Waals surface area contributed by atoms with E-state index < -0.39 is 0 Å². The molecule has 18 heavy (non-hydrogen) atoms. The lowest BCUT2D eigenvalue weighted by Gasteiger charge is -2.06. The fraction of sp³-hybridized carbons (Fsp3) is 0.308. The molecule has 0 saturated carbocycles. The maximum Gasteiger partial charge on any atom is 0.128 e. The molecule has 0 aliphatic heterocycles. The highest BCUT2D eigenvalue weighted by Gasteiger charge is 2.03. The van der Waals surface area contributed by atoms with E-state index in [-0.39, 0.29) is 6.61 Å². The average Bonchev–Trinajstić information content (AvgIpc) is 2.71. The van der Waals surface area contributed by atoms with Gasteiger partial charge in [0.2, 0.25) is 0 Å². The average molecular weight is 266 g/mol.